The Kier molecular flexibility index (Phi) is 4.95. The highest BCUT2D eigenvalue weighted by atomic mass is 32.1. The summed E-state index contributed by atoms with van der Waals surface area (Å²) in [5.41, 5.74) is 6.24. The predicted molar refractivity (Wildman–Crippen MR) is 122 cm³/mol. The van der Waals surface area contributed by atoms with Crippen molar-refractivity contribution < 1.29 is 4.79 Å². The van der Waals surface area contributed by atoms with Crippen LogP contribution in [0.15, 0.2) is 42.5 Å². The predicted octanol–water partition coefficient (Wildman–Crippen LogP) is 5.84. The second kappa shape index (κ2) is 7.30. The molecule has 0 spiro atoms. The summed E-state index contributed by atoms with van der Waals surface area (Å²) in [6, 6.07) is 14.1. The van der Waals surface area contributed by atoms with Gasteiger partial charge in [0.05, 0.1) is 5.69 Å². The van der Waals surface area contributed by atoms with Crippen LogP contribution in [-0.4, -0.2) is 23.0 Å². The molecule has 1 aliphatic heterocycles. The van der Waals surface area contributed by atoms with Crippen molar-refractivity contribution in [2.75, 3.05) is 16.8 Å². The molecule has 0 radical (unpaired) electrons. The lowest BCUT2D eigenvalue weighted by molar-refractivity contribution is 0.0989. The van der Waals surface area contributed by atoms with Crippen LogP contribution in [0, 0.1) is 13.8 Å². The average Bonchev–Trinajstić information content (AvgIpc) is 3.23. The van der Waals surface area contributed by atoms with Crippen molar-refractivity contribution in [2.45, 2.75) is 46.6 Å². The van der Waals surface area contributed by atoms with E-state index >= 15 is 0 Å². The van der Waals surface area contributed by atoms with Crippen LogP contribution in [0.1, 0.15) is 47.1 Å². The molecule has 0 saturated carbocycles. The second-order valence-corrected chi connectivity index (χ2v) is 9.92. The molecule has 0 atom stereocenters. The van der Waals surface area contributed by atoms with E-state index in [1.54, 1.807) is 11.3 Å². The van der Waals surface area contributed by atoms with Crippen LogP contribution < -0.4 is 10.2 Å². The van der Waals surface area contributed by atoms with Crippen molar-refractivity contribution in [3.05, 3.63) is 64.0 Å². The van der Waals surface area contributed by atoms with E-state index in [1.165, 1.54) is 10.4 Å². The van der Waals surface area contributed by atoms with Gasteiger partial charge in [0.25, 0.3) is 5.91 Å². The lowest BCUT2D eigenvalue weighted by Gasteiger charge is -2.19. The maximum absolute atomic E-state index is 13.0. The smallest absolute Gasteiger partial charge is 0.258 e. The maximum Gasteiger partial charge on any atom is 0.258 e. The SMILES string of the molecule is Cc1ccc(C(=O)N2CCc3cc(-c4nc(NC(C)(C)C)sc4C)ccc32)cc1. The van der Waals surface area contributed by atoms with Crippen LogP contribution in [0.4, 0.5) is 10.8 Å². The van der Waals surface area contributed by atoms with Gasteiger partial charge < -0.3 is 10.2 Å². The zero-order chi connectivity index (χ0) is 20.8. The molecule has 4 nitrogen and oxygen atoms in total. The number of aryl methyl sites for hydroxylation is 2. The Balaban J connectivity index is 1.61. The molecule has 0 aliphatic carbocycles. The topological polar surface area (TPSA) is 45.2 Å². The first-order chi connectivity index (χ1) is 13.7. The van der Waals surface area contributed by atoms with Gasteiger partial charge in [-0.2, -0.15) is 0 Å². The molecule has 29 heavy (non-hydrogen) atoms. The first-order valence-corrected chi connectivity index (χ1v) is 10.8. The monoisotopic (exact) mass is 405 g/mol. The van der Waals surface area contributed by atoms with E-state index in [0.29, 0.717) is 0 Å². The van der Waals surface area contributed by atoms with E-state index in [2.05, 4.69) is 51.2 Å². The third-order valence-corrected chi connectivity index (χ3v) is 5.96. The minimum absolute atomic E-state index is 0.0175. The molecule has 0 unspecified atom stereocenters. The summed E-state index contributed by atoms with van der Waals surface area (Å²) in [5, 5.41) is 4.41. The molecule has 1 aliphatic rings. The average molecular weight is 406 g/mol. The Morgan fingerprint density at radius 3 is 2.52 bits per heavy atom. The van der Waals surface area contributed by atoms with Gasteiger partial charge in [0.1, 0.15) is 0 Å². The molecule has 5 heteroatoms. The summed E-state index contributed by atoms with van der Waals surface area (Å²) < 4.78 is 0. The molecule has 1 N–H and O–H groups in total. The van der Waals surface area contributed by atoms with E-state index in [0.717, 1.165) is 46.2 Å². The van der Waals surface area contributed by atoms with Crippen LogP contribution in [-0.2, 0) is 6.42 Å². The van der Waals surface area contributed by atoms with Crippen LogP contribution >= 0.6 is 11.3 Å². The summed E-state index contributed by atoms with van der Waals surface area (Å²) in [6.45, 7) is 11.3. The molecule has 4 rings (SSSR count). The van der Waals surface area contributed by atoms with Gasteiger partial charge >= 0.3 is 0 Å². The molecule has 0 saturated heterocycles. The summed E-state index contributed by atoms with van der Waals surface area (Å²) >= 11 is 1.69. The van der Waals surface area contributed by atoms with Crippen LogP contribution in [0.5, 0.6) is 0 Å². The molecular formula is C24H27N3OS. The van der Waals surface area contributed by atoms with Crippen molar-refractivity contribution in [3.8, 4) is 11.3 Å². The van der Waals surface area contributed by atoms with Crippen molar-refractivity contribution in [1.82, 2.24) is 4.98 Å². The van der Waals surface area contributed by atoms with Gasteiger partial charge in [-0.1, -0.05) is 23.8 Å². The third kappa shape index (κ3) is 4.06. The second-order valence-electron chi connectivity index (χ2n) is 8.72. The Bertz CT molecular complexity index is 1060. The maximum atomic E-state index is 13.0. The Morgan fingerprint density at radius 2 is 1.83 bits per heavy atom. The zero-order valence-corrected chi connectivity index (χ0v) is 18.5. The van der Waals surface area contributed by atoms with Crippen LogP contribution in [0.25, 0.3) is 11.3 Å². The summed E-state index contributed by atoms with van der Waals surface area (Å²) in [6.07, 6.45) is 0.872. The number of nitrogens with zero attached hydrogens (tertiary/aromatic N) is 2. The number of carbonyl (C=O) groups is 1. The number of carbonyl (C=O) groups excluding carboxylic acids is 1. The number of nitrogens with one attached hydrogen (secondary N) is 1. The van der Waals surface area contributed by atoms with Gasteiger partial charge in [-0.05, 0) is 70.9 Å². The number of rotatable bonds is 3. The van der Waals surface area contributed by atoms with Gasteiger partial charge in [-0.15, -0.1) is 11.3 Å². The number of hydrogen-bond donors (Lipinski definition) is 1. The zero-order valence-electron chi connectivity index (χ0n) is 17.7. The summed E-state index contributed by atoms with van der Waals surface area (Å²) in [4.78, 5) is 20.9. The van der Waals surface area contributed by atoms with Crippen molar-refractivity contribution >= 4 is 28.1 Å². The standard InChI is InChI=1S/C24H27N3OS/c1-15-6-8-17(9-7-15)22(28)27-13-12-18-14-19(10-11-20(18)27)21-16(2)29-23(25-21)26-24(3,4)5/h6-11,14H,12-13H2,1-5H3,(H,25,26). The fraction of sp³-hybridized carbons (Fsp3) is 0.333. The quantitative estimate of drug-likeness (QED) is 0.595. The Morgan fingerprint density at radius 1 is 1.10 bits per heavy atom. The molecule has 2 aromatic carbocycles. The normalized spacial score (nSPS) is 13.5. The highest BCUT2D eigenvalue weighted by molar-refractivity contribution is 7.16. The van der Waals surface area contributed by atoms with Gasteiger partial charge in [0.15, 0.2) is 5.13 Å². The largest absolute Gasteiger partial charge is 0.357 e. The fourth-order valence-electron chi connectivity index (χ4n) is 3.65. The number of benzene rings is 2. The van der Waals surface area contributed by atoms with Crippen LogP contribution in [0.2, 0.25) is 0 Å². The first-order valence-electron chi connectivity index (χ1n) is 9.99. The van der Waals surface area contributed by atoms with E-state index < -0.39 is 0 Å². The molecule has 0 fully saturated rings. The molecule has 2 heterocycles. The summed E-state index contributed by atoms with van der Waals surface area (Å²) in [5.74, 6) is 0.0676. The third-order valence-electron chi connectivity index (χ3n) is 5.07. The molecule has 3 aromatic rings. The highest BCUT2D eigenvalue weighted by Crippen LogP contribution is 2.36. The number of aromatic nitrogens is 1. The number of fused-ring (bicyclic) bond motifs is 1. The lowest BCUT2D eigenvalue weighted by Crippen LogP contribution is -2.28. The van der Waals surface area contributed by atoms with Gasteiger partial charge in [0, 0.05) is 33.8 Å². The molecule has 1 amide bonds. The number of hydrogen-bond acceptors (Lipinski definition) is 4. The molecular weight excluding hydrogens is 378 g/mol. The van der Waals surface area contributed by atoms with Crippen LogP contribution in [0.3, 0.4) is 0 Å². The van der Waals surface area contributed by atoms with E-state index in [-0.39, 0.29) is 11.4 Å². The Labute approximate surface area is 176 Å². The molecule has 150 valence electrons. The minimum Gasteiger partial charge on any atom is -0.357 e. The van der Waals surface area contributed by atoms with Crippen molar-refractivity contribution in [2.24, 2.45) is 0 Å². The van der Waals surface area contributed by atoms with Gasteiger partial charge in [-0.3, -0.25) is 4.79 Å². The van der Waals surface area contributed by atoms with E-state index in [4.69, 9.17) is 4.98 Å². The van der Waals surface area contributed by atoms with Gasteiger partial charge in [-0.25, -0.2) is 4.98 Å². The molecule has 0 bridgehead atoms. The van der Waals surface area contributed by atoms with Crippen molar-refractivity contribution in [3.63, 3.8) is 0 Å². The Hall–Kier alpha value is -2.66. The molecule has 1 aromatic heterocycles. The highest BCUT2D eigenvalue weighted by Gasteiger charge is 2.26. The van der Waals surface area contributed by atoms with E-state index in [1.807, 2.05) is 36.1 Å². The minimum atomic E-state index is -0.0175. The first kappa shape index (κ1) is 19.6. The number of thiazole rings is 1. The number of amides is 1. The fourth-order valence-corrected chi connectivity index (χ4v) is 4.69. The number of anilines is 2. The van der Waals surface area contributed by atoms with Crippen molar-refractivity contribution in [1.29, 1.82) is 0 Å². The van der Waals surface area contributed by atoms with E-state index in [9.17, 15) is 4.79 Å². The van der Waals surface area contributed by atoms with Gasteiger partial charge in [0.2, 0.25) is 0 Å². The summed E-state index contributed by atoms with van der Waals surface area (Å²) in [7, 11) is 0. The lowest BCUT2D eigenvalue weighted by atomic mass is 10.1.